The zero-order chi connectivity index (χ0) is 19.2. The maximum atomic E-state index is 12.6. The van der Waals surface area contributed by atoms with Gasteiger partial charge in [-0.25, -0.2) is 0 Å². The van der Waals surface area contributed by atoms with Crippen molar-refractivity contribution in [3.05, 3.63) is 70.8 Å². The Morgan fingerprint density at radius 1 is 1.22 bits per heavy atom. The van der Waals surface area contributed by atoms with Crippen LogP contribution in [0.15, 0.2) is 42.6 Å². The van der Waals surface area contributed by atoms with Gasteiger partial charge in [0.15, 0.2) is 0 Å². The van der Waals surface area contributed by atoms with E-state index in [1.807, 2.05) is 38.1 Å². The van der Waals surface area contributed by atoms with E-state index in [4.69, 9.17) is 5.11 Å². The molecule has 2 N–H and O–H groups in total. The molecule has 3 aromatic rings. The molecule has 0 aliphatic carbocycles. The number of aliphatic hydroxyl groups is 1. The van der Waals surface area contributed by atoms with Gasteiger partial charge in [-0.2, -0.15) is 0 Å². The molecule has 0 bridgehead atoms. The van der Waals surface area contributed by atoms with Gasteiger partial charge in [-0.3, -0.25) is 9.48 Å². The maximum absolute atomic E-state index is 12.6. The molecule has 0 spiro atoms. The summed E-state index contributed by atoms with van der Waals surface area (Å²) in [4.78, 5) is 12.6. The van der Waals surface area contributed by atoms with Crippen LogP contribution < -0.4 is 5.32 Å². The van der Waals surface area contributed by atoms with Crippen LogP contribution in [0.4, 0.5) is 0 Å². The first-order valence-corrected chi connectivity index (χ1v) is 9.07. The van der Waals surface area contributed by atoms with Gasteiger partial charge in [0, 0.05) is 31.0 Å². The van der Waals surface area contributed by atoms with Gasteiger partial charge >= 0.3 is 0 Å². The summed E-state index contributed by atoms with van der Waals surface area (Å²) in [6.45, 7) is 5.84. The van der Waals surface area contributed by atoms with Gasteiger partial charge < -0.3 is 15.0 Å². The minimum Gasteiger partial charge on any atom is -0.390 e. The summed E-state index contributed by atoms with van der Waals surface area (Å²) in [5, 5.41) is 19.7. The monoisotopic (exact) mass is 367 g/mol. The lowest BCUT2D eigenvalue weighted by atomic mass is 10.2. The van der Waals surface area contributed by atoms with E-state index in [-0.39, 0.29) is 12.5 Å². The van der Waals surface area contributed by atoms with Crippen molar-refractivity contribution in [2.24, 2.45) is 0 Å². The molecule has 0 saturated heterocycles. The van der Waals surface area contributed by atoms with Crippen molar-refractivity contribution in [1.29, 1.82) is 0 Å². The second-order valence-electron chi connectivity index (χ2n) is 6.60. The van der Waals surface area contributed by atoms with Crippen molar-refractivity contribution < 1.29 is 9.90 Å². The molecule has 0 saturated carbocycles. The Bertz CT molecular complexity index is 898. The van der Waals surface area contributed by atoms with Crippen LogP contribution >= 0.6 is 0 Å². The molecule has 0 radical (unpaired) electrons. The van der Waals surface area contributed by atoms with Gasteiger partial charge in [0.05, 0.1) is 18.4 Å². The van der Waals surface area contributed by atoms with Gasteiger partial charge in [0.25, 0.3) is 5.91 Å². The molecule has 0 atom stereocenters. The molecule has 2 aromatic heterocycles. The lowest BCUT2D eigenvalue weighted by Crippen LogP contribution is -2.25. The number of aryl methyl sites for hydroxylation is 2. The molecule has 7 nitrogen and oxygen atoms in total. The van der Waals surface area contributed by atoms with E-state index in [2.05, 4.69) is 32.3 Å². The highest BCUT2D eigenvalue weighted by Gasteiger charge is 2.15. The van der Waals surface area contributed by atoms with E-state index in [1.54, 1.807) is 10.9 Å². The molecular weight excluding hydrogens is 342 g/mol. The minimum absolute atomic E-state index is 0.0583. The van der Waals surface area contributed by atoms with Crippen LogP contribution in [0.1, 0.15) is 39.4 Å². The highest BCUT2D eigenvalue weighted by atomic mass is 16.3. The van der Waals surface area contributed by atoms with Gasteiger partial charge in [0.1, 0.15) is 5.69 Å². The molecule has 0 unspecified atom stereocenters. The number of amides is 1. The summed E-state index contributed by atoms with van der Waals surface area (Å²) in [6, 6.07) is 12.2. The van der Waals surface area contributed by atoms with E-state index < -0.39 is 0 Å². The van der Waals surface area contributed by atoms with Crippen LogP contribution in [-0.4, -0.2) is 37.1 Å². The normalized spacial score (nSPS) is 10.9. The first kappa shape index (κ1) is 18.8. The SMILES string of the molecule is Cc1cc(C(=O)NCCCn2cc(CO)nn2)c(C)n1Cc1ccccc1. The third-order valence-electron chi connectivity index (χ3n) is 4.60. The fraction of sp³-hybridized carbons (Fsp3) is 0.350. The number of rotatable bonds is 8. The molecular formula is C20H25N5O2. The Kier molecular flexibility index (Phi) is 6.03. The molecule has 1 amide bonds. The first-order valence-electron chi connectivity index (χ1n) is 9.07. The second-order valence-corrected chi connectivity index (χ2v) is 6.60. The standard InChI is InChI=1S/C20H25N5O2/c1-15-11-19(16(2)25(15)12-17-7-4-3-5-8-17)20(27)21-9-6-10-24-13-18(14-26)22-23-24/h3-5,7-8,11,13,26H,6,9-10,12,14H2,1-2H3,(H,21,27). The van der Waals surface area contributed by atoms with Gasteiger partial charge in [-0.05, 0) is 31.9 Å². The number of aliphatic hydroxyl groups excluding tert-OH is 1. The maximum Gasteiger partial charge on any atom is 0.253 e. The van der Waals surface area contributed by atoms with E-state index in [0.29, 0.717) is 24.3 Å². The Labute approximate surface area is 158 Å². The Balaban J connectivity index is 1.56. The van der Waals surface area contributed by atoms with E-state index in [0.717, 1.165) is 24.4 Å². The predicted molar refractivity (Wildman–Crippen MR) is 102 cm³/mol. The summed E-state index contributed by atoms with van der Waals surface area (Å²) in [7, 11) is 0. The molecule has 27 heavy (non-hydrogen) atoms. The summed E-state index contributed by atoms with van der Waals surface area (Å²) in [5.74, 6) is -0.0583. The van der Waals surface area contributed by atoms with Crippen LogP contribution in [-0.2, 0) is 19.7 Å². The van der Waals surface area contributed by atoms with E-state index >= 15 is 0 Å². The molecule has 2 heterocycles. The topological polar surface area (TPSA) is 85.0 Å². The van der Waals surface area contributed by atoms with Crippen molar-refractivity contribution >= 4 is 5.91 Å². The number of aromatic nitrogens is 4. The lowest BCUT2D eigenvalue weighted by Gasteiger charge is -2.10. The Hall–Kier alpha value is -2.93. The number of nitrogens with zero attached hydrogens (tertiary/aromatic N) is 4. The van der Waals surface area contributed by atoms with Crippen LogP contribution in [0.25, 0.3) is 0 Å². The highest BCUT2D eigenvalue weighted by Crippen LogP contribution is 2.17. The average molecular weight is 367 g/mol. The van der Waals surface area contributed by atoms with E-state index in [9.17, 15) is 4.79 Å². The molecule has 142 valence electrons. The Morgan fingerprint density at radius 2 is 2.00 bits per heavy atom. The first-order chi connectivity index (χ1) is 13.1. The van der Waals surface area contributed by atoms with Crippen molar-refractivity contribution in [1.82, 2.24) is 24.9 Å². The highest BCUT2D eigenvalue weighted by molar-refractivity contribution is 5.95. The van der Waals surface area contributed by atoms with Gasteiger partial charge in [-0.1, -0.05) is 35.5 Å². The van der Waals surface area contributed by atoms with Crippen LogP contribution in [0.3, 0.4) is 0 Å². The Morgan fingerprint density at radius 3 is 2.70 bits per heavy atom. The van der Waals surface area contributed by atoms with Gasteiger partial charge in [0.2, 0.25) is 0 Å². The third-order valence-corrected chi connectivity index (χ3v) is 4.60. The predicted octanol–water partition coefficient (Wildman–Crippen LogP) is 2.06. The molecule has 7 heteroatoms. The third kappa shape index (κ3) is 4.62. The molecule has 0 aliphatic heterocycles. The van der Waals surface area contributed by atoms with Crippen molar-refractivity contribution in [2.45, 2.75) is 40.0 Å². The number of hydrogen-bond donors (Lipinski definition) is 2. The second kappa shape index (κ2) is 8.64. The summed E-state index contributed by atoms with van der Waals surface area (Å²) >= 11 is 0. The van der Waals surface area contributed by atoms with Crippen molar-refractivity contribution in [2.75, 3.05) is 6.54 Å². The smallest absolute Gasteiger partial charge is 0.253 e. The summed E-state index contributed by atoms with van der Waals surface area (Å²) in [5.41, 5.74) is 4.51. The zero-order valence-electron chi connectivity index (χ0n) is 15.7. The van der Waals surface area contributed by atoms with Crippen LogP contribution in [0.2, 0.25) is 0 Å². The zero-order valence-corrected chi connectivity index (χ0v) is 15.7. The average Bonchev–Trinajstić information content (AvgIpc) is 3.25. The number of nitrogens with one attached hydrogen (secondary N) is 1. The van der Waals surface area contributed by atoms with Crippen LogP contribution in [0.5, 0.6) is 0 Å². The summed E-state index contributed by atoms with van der Waals surface area (Å²) < 4.78 is 3.83. The molecule has 0 aliphatic rings. The minimum atomic E-state index is -0.116. The van der Waals surface area contributed by atoms with Crippen molar-refractivity contribution in [3.63, 3.8) is 0 Å². The molecule has 0 fully saturated rings. The number of carbonyl (C=O) groups excluding carboxylic acids is 1. The fourth-order valence-electron chi connectivity index (χ4n) is 3.10. The number of carbonyl (C=O) groups is 1. The largest absolute Gasteiger partial charge is 0.390 e. The van der Waals surface area contributed by atoms with Gasteiger partial charge in [-0.15, -0.1) is 5.10 Å². The van der Waals surface area contributed by atoms with Crippen LogP contribution in [0, 0.1) is 13.8 Å². The number of hydrogen-bond acceptors (Lipinski definition) is 4. The van der Waals surface area contributed by atoms with E-state index in [1.165, 1.54) is 5.56 Å². The lowest BCUT2D eigenvalue weighted by molar-refractivity contribution is 0.0952. The quantitative estimate of drug-likeness (QED) is 0.597. The van der Waals surface area contributed by atoms with Crippen molar-refractivity contribution in [3.8, 4) is 0 Å². The molecule has 1 aromatic carbocycles. The molecule has 3 rings (SSSR count). The number of benzene rings is 1. The summed E-state index contributed by atoms with van der Waals surface area (Å²) in [6.07, 6.45) is 2.45. The fourth-order valence-corrected chi connectivity index (χ4v) is 3.10.